The van der Waals surface area contributed by atoms with Crippen LogP contribution in [0.4, 0.5) is 0 Å². The minimum absolute atomic E-state index is 0.520. The van der Waals surface area contributed by atoms with Gasteiger partial charge in [-0.1, -0.05) is 68.5 Å². The van der Waals surface area contributed by atoms with E-state index in [1.54, 1.807) is 0 Å². The minimum atomic E-state index is 0.520. The Labute approximate surface area is 105 Å². The third-order valence-electron chi connectivity index (χ3n) is 2.32. The lowest BCUT2D eigenvalue weighted by Gasteiger charge is -2.17. The van der Waals surface area contributed by atoms with Crippen molar-refractivity contribution in [2.45, 2.75) is 66.2 Å². The number of rotatable bonds is 9. The Bertz CT molecular complexity index is 127. The van der Waals surface area contributed by atoms with Gasteiger partial charge in [0.25, 0.3) is 0 Å². The van der Waals surface area contributed by atoms with Gasteiger partial charge in [-0.25, -0.2) is 0 Å². The van der Waals surface area contributed by atoms with Gasteiger partial charge >= 0.3 is 0 Å². The summed E-state index contributed by atoms with van der Waals surface area (Å²) < 4.78 is 0. The van der Waals surface area contributed by atoms with Crippen LogP contribution in [-0.2, 0) is 0 Å². The van der Waals surface area contributed by atoms with E-state index >= 15 is 0 Å². The van der Waals surface area contributed by atoms with Crippen molar-refractivity contribution in [3.05, 3.63) is 0 Å². The molecule has 2 heteroatoms. The lowest BCUT2D eigenvalue weighted by molar-refractivity contribution is 0.375. The van der Waals surface area contributed by atoms with E-state index in [9.17, 15) is 0 Å². The second-order valence-electron chi connectivity index (χ2n) is 5.37. The topological polar surface area (TPSA) is 0 Å². The average Bonchev–Trinajstić information content (AvgIpc) is 2.14. The highest BCUT2D eigenvalue weighted by atomic mass is 33.1. The lowest BCUT2D eigenvalue weighted by Crippen LogP contribution is -2.04. The van der Waals surface area contributed by atoms with Crippen molar-refractivity contribution >= 4 is 21.6 Å². The second kappa shape index (κ2) is 9.89. The van der Waals surface area contributed by atoms with E-state index in [0.29, 0.717) is 5.41 Å². The Kier molecular flexibility index (Phi) is 10.4. The van der Waals surface area contributed by atoms with Gasteiger partial charge in [0, 0.05) is 11.5 Å². The molecule has 0 aliphatic rings. The molecule has 0 aliphatic carbocycles. The fourth-order valence-electron chi connectivity index (χ4n) is 1.37. The number of hydrogen-bond acceptors (Lipinski definition) is 2. The van der Waals surface area contributed by atoms with Gasteiger partial charge in [0.05, 0.1) is 0 Å². The predicted molar refractivity (Wildman–Crippen MR) is 77.7 cm³/mol. The van der Waals surface area contributed by atoms with Crippen LogP contribution in [0.15, 0.2) is 0 Å². The van der Waals surface area contributed by atoms with Gasteiger partial charge < -0.3 is 0 Å². The molecule has 0 bridgehead atoms. The molecule has 0 amide bonds. The summed E-state index contributed by atoms with van der Waals surface area (Å²) in [6, 6.07) is 0. The summed E-state index contributed by atoms with van der Waals surface area (Å²) in [7, 11) is 4.14. The van der Waals surface area contributed by atoms with Crippen molar-refractivity contribution in [1.82, 2.24) is 0 Å². The third-order valence-corrected chi connectivity index (χ3v) is 4.90. The Hall–Kier alpha value is 0.700. The van der Waals surface area contributed by atoms with Crippen LogP contribution in [-0.4, -0.2) is 11.5 Å². The molecule has 0 nitrogen and oxygen atoms in total. The first kappa shape index (κ1) is 15.7. The zero-order valence-electron chi connectivity index (χ0n) is 11.0. The normalized spacial score (nSPS) is 12.0. The standard InChI is InChI=1S/C13H28S2/c1-5-6-7-8-11-14-15-12-9-10-13(2,3)4/h5-12H2,1-4H3. The Morgan fingerprint density at radius 3 is 1.93 bits per heavy atom. The highest BCUT2D eigenvalue weighted by Gasteiger charge is 2.08. The molecule has 92 valence electrons. The summed E-state index contributed by atoms with van der Waals surface area (Å²) in [6.07, 6.45) is 8.32. The molecule has 0 saturated carbocycles. The highest BCUT2D eigenvalue weighted by Crippen LogP contribution is 2.27. The first-order valence-electron chi connectivity index (χ1n) is 6.30. The highest BCUT2D eigenvalue weighted by molar-refractivity contribution is 8.76. The van der Waals surface area contributed by atoms with Crippen LogP contribution in [0.3, 0.4) is 0 Å². The van der Waals surface area contributed by atoms with E-state index in [2.05, 4.69) is 49.3 Å². The SMILES string of the molecule is CCCCCCSSCCCC(C)(C)C. The summed E-state index contributed by atoms with van der Waals surface area (Å²) in [5.74, 6) is 2.68. The average molecular weight is 249 g/mol. The Morgan fingerprint density at radius 1 is 0.800 bits per heavy atom. The van der Waals surface area contributed by atoms with Crippen molar-refractivity contribution in [2.24, 2.45) is 5.41 Å². The first-order chi connectivity index (χ1) is 7.06. The first-order valence-corrected chi connectivity index (χ1v) is 8.79. The smallest absolute Gasteiger partial charge is 0.00371 e. The van der Waals surface area contributed by atoms with Gasteiger partial charge in [0.1, 0.15) is 0 Å². The monoisotopic (exact) mass is 248 g/mol. The molecule has 0 spiro atoms. The molecule has 0 aromatic carbocycles. The molecule has 0 saturated heterocycles. The van der Waals surface area contributed by atoms with Gasteiger partial charge in [0.15, 0.2) is 0 Å². The molecule has 0 N–H and O–H groups in total. The van der Waals surface area contributed by atoms with Crippen LogP contribution in [0.1, 0.15) is 66.2 Å². The number of unbranched alkanes of at least 4 members (excludes halogenated alkanes) is 3. The lowest BCUT2D eigenvalue weighted by atomic mass is 9.91. The molecular weight excluding hydrogens is 220 g/mol. The van der Waals surface area contributed by atoms with Gasteiger partial charge in [-0.2, -0.15) is 0 Å². The van der Waals surface area contributed by atoms with Crippen molar-refractivity contribution in [2.75, 3.05) is 11.5 Å². The summed E-state index contributed by atoms with van der Waals surface area (Å²) in [6.45, 7) is 9.26. The van der Waals surface area contributed by atoms with E-state index in [1.165, 1.54) is 50.0 Å². The van der Waals surface area contributed by atoms with Crippen LogP contribution in [0.2, 0.25) is 0 Å². The predicted octanol–water partition coefficient (Wildman–Crippen LogP) is 5.77. The molecule has 0 heterocycles. The van der Waals surface area contributed by atoms with Crippen LogP contribution >= 0.6 is 21.6 Å². The third kappa shape index (κ3) is 14.7. The summed E-state index contributed by atoms with van der Waals surface area (Å²) in [5, 5.41) is 0. The zero-order valence-corrected chi connectivity index (χ0v) is 12.6. The van der Waals surface area contributed by atoms with Crippen molar-refractivity contribution < 1.29 is 0 Å². The van der Waals surface area contributed by atoms with Crippen molar-refractivity contribution in [3.8, 4) is 0 Å². The van der Waals surface area contributed by atoms with Crippen LogP contribution in [0.5, 0.6) is 0 Å². The maximum atomic E-state index is 2.33. The van der Waals surface area contributed by atoms with Crippen molar-refractivity contribution in [3.63, 3.8) is 0 Å². The summed E-state index contributed by atoms with van der Waals surface area (Å²) in [4.78, 5) is 0. The fourth-order valence-corrected chi connectivity index (χ4v) is 3.60. The molecular formula is C13H28S2. The zero-order chi connectivity index (χ0) is 11.6. The van der Waals surface area contributed by atoms with Gasteiger partial charge in [-0.3, -0.25) is 0 Å². The van der Waals surface area contributed by atoms with Crippen LogP contribution in [0, 0.1) is 5.41 Å². The van der Waals surface area contributed by atoms with E-state index in [0.717, 1.165) is 0 Å². The van der Waals surface area contributed by atoms with Gasteiger partial charge in [0.2, 0.25) is 0 Å². The summed E-state index contributed by atoms with van der Waals surface area (Å²) >= 11 is 0. The fraction of sp³-hybridized carbons (Fsp3) is 1.00. The maximum absolute atomic E-state index is 2.33. The van der Waals surface area contributed by atoms with E-state index < -0.39 is 0 Å². The van der Waals surface area contributed by atoms with Gasteiger partial charge in [-0.15, -0.1) is 0 Å². The minimum Gasteiger partial charge on any atom is -0.0942 e. The summed E-state index contributed by atoms with van der Waals surface area (Å²) in [5.41, 5.74) is 0.520. The maximum Gasteiger partial charge on any atom is 0.00371 e. The molecule has 15 heavy (non-hydrogen) atoms. The second-order valence-corrected chi connectivity index (χ2v) is 8.07. The molecule has 0 aromatic rings. The van der Waals surface area contributed by atoms with Crippen molar-refractivity contribution in [1.29, 1.82) is 0 Å². The van der Waals surface area contributed by atoms with E-state index in [4.69, 9.17) is 0 Å². The molecule has 0 fully saturated rings. The molecule has 0 rings (SSSR count). The molecule has 0 radical (unpaired) electrons. The van der Waals surface area contributed by atoms with E-state index in [1.807, 2.05) is 0 Å². The van der Waals surface area contributed by atoms with Gasteiger partial charge in [-0.05, 0) is 24.7 Å². The molecule has 0 aliphatic heterocycles. The molecule has 0 unspecified atom stereocenters. The Balaban J connectivity index is 2.99. The molecule has 0 aromatic heterocycles. The number of hydrogen-bond donors (Lipinski definition) is 0. The quantitative estimate of drug-likeness (QED) is 0.375. The Morgan fingerprint density at radius 2 is 1.40 bits per heavy atom. The van der Waals surface area contributed by atoms with Crippen LogP contribution in [0.25, 0.3) is 0 Å². The largest absolute Gasteiger partial charge is 0.0942 e. The molecule has 0 atom stereocenters. The van der Waals surface area contributed by atoms with Crippen LogP contribution < -0.4 is 0 Å². The van der Waals surface area contributed by atoms with E-state index in [-0.39, 0.29) is 0 Å².